The first-order valence-corrected chi connectivity index (χ1v) is 8.90. The van der Waals surface area contributed by atoms with Gasteiger partial charge in [0.05, 0.1) is 11.1 Å². The van der Waals surface area contributed by atoms with Gasteiger partial charge in [-0.2, -0.15) is 9.37 Å². The summed E-state index contributed by atoms with van der Waals surface area (Å²) in [5.74, 6) is -0.764. The van der Waals surface area contributed by atoms with Gasteiger partial charge in [0.1, 0.15) is 10.1 Å². The monoisotopic (exact) mass is 407 g/mol. The molecule has 0 radical (unpaired) electrons. The molecule has 1 saturated heterocycles. The van der Waals surface area contributed by atoms with Gasteiger partial charge < -0.3 is 4.74 Å². The van der Waals surface area contributed by atoms with Gasteiger partial charge in [-0.1, -0.05) is 42.2 Å². The van der Waals surface area contributed by atoms with E-state index in [0.29, 0.717) is 21.5 Å². The quantitative estimate of drug-likeness (QED) is 0.316. The molecule has 0 bridgehead atoms. The first kappa shape index (κ1) is 18.5. The molecule has 1 aromatic carbocycles. The van der Waals surface area contributed by atoms with E-state index in [0.717, 1.165) is 11.8 Å². The Hall–Kier alpha value is -2.29. The summed E-state index contributed by atoms with van der Waals surface area (Å²) in [6.07, 6.45) is 4.29. The van der Waals surface area contributed by atoms with Crippen molar-refractivity contribution < 1.29 is 13.9 Å². The van der Waals surface area contributed by atoms with Crippen LogP contribution in [0.15, 0.2) is 48.0 Å². The third kappa shape index (κ3) is 4.09. The SMILES string of the molecule is C=CCN1C(=O)/C(=C\c2ccc(Oc3nc(Cl)ncc3F)cc2)SC1=S. The number of amides is 1. The molecule has 0 N–H and O–H groups in total. The first-order chi connectivity index (χ1) is 12.5. The highest BCUT2D eigenvalue weighted by molar-refractivity contribution is 8.26. The van der Waals surface area contributed by atoms with Crippen LogP contribution in [-0.2, 0) is 4.79 Å². The molecule has 9 heteroatoms. The highest BCUT2D eigenvalue weighted by Crippen LogP contribution is 2.32. The summed E-state index contributed by atoms with van der Waals surface area (Å²) in [6, 6.07) is 6.73. The van der Waals surface area contributed by atoms with Crippen LogP contribution in [0.3, 0.4) is 0 Å². The zero-order valence-corrected chi connectivity index (χ0v) is 15.6. The molecule has 2 heterocycles. The lowest BCUT2D eigenvalue weighted by Gasteiger charge is -2.10. The maximum absolute atomic E-state index is 13.6. The summed E-state index contributed by atoms with van der Waals surface area (Å²) in [5, 5.41) is -0.112. The summed E-state index contributed by atoms with van der Waals surface area (Å²) >= 11 is 12.1. The van der Waals surface area contributed by atoms with Crippen molar-refractivity contribution in [1.82, 2.24) is 14.9 Å². The first-order valence-electron chi connectivity index (χ1n) is 7.30. The van der Waals surface area contributed by atoms with Crippen molar-refractivity contribution in [3.63, 3.8) is 0 Å². The molecular weight excluding hydrogens is 397 g/mol. The summed E-state index contributed by atoms with van der Waals surface area (Å²) in [4.78, 5) is 21.5. The largest absolute Gasteiger partial charge is 0.436 e. The third-order valence-corrected chi connectivity index (χ3v) is 4.82. The van der Waals surface area contributed by atoms with Crippen molar-refractivity contribution in [2.24, 2.45) is 0 Å². The Morgan fingerprint density at radius 2 is 2.12 bits per heavy atom. The minimum Gasteiger partial charge on any atom is -0.436 e. The maximum atomic E-state index is 13.6. The average Bonchev–Trinajstić information content (AvgIpc) is 2.88. The van der Waals surface area contributed by atoms with Crippen LogP contribution < -0.4 is 4.74 Å². The van der Waals surface area contributed by atoms with Gasteiger partial charge >= 0.3 is 0 Å². The predicted octanol–water partition coefficient (Wildman–Crippen LogP) is 4.45. The summed E-state index contributed by atoms with van der Waals surface area (Å²) < 4.78 is 19.5. The van der Waals surface area contributed by atoms with E-state index in [9.17, 15) is 9.18 Å². The van der Waals surface area contributed by atoms with Crippen LogP contribution in [0.1, 0.15) is 5.56 Å². The molecule has 1 aliphatic rings. The van der Waals surface area contributed by atoms with Crippen molar-refractivity contribution in [1.29, 1.82) is 0 Å². The number of carbonyl (C=O) groups is 1. The Labute approximate surface area is 163 Å². The number of thioether (sulfide) groups is 1. The standard InChI is InChI=1S/C17H11ClFN3O2S2/c1-2-7-22-15(23)13(26-17(22)25)8-10-3-5-11(6-4-10)24-14-12(19)9-20-16(18)21-14/h2-6,8-9H,1,7H2/b13-8+. The second kappa shape index (κ2) is 7.94. The van der Waals surface area contributed by atoms with E-state index in [-0.39, 0.29) is 17.1 Å². The number of ether oxygens (including phenoxy) is 1. The molecular formula is C17H11ClFN3O2S2. The zero-order chi connectivity index (χ0) is 18.7. The van der Waals surface area contributed by atoms with Gasteiger partial charge in [-0.15, -0.1) is 6.58 Å². The van der Waals surface area contributed by atoms with E-state index in [4.69, 9.17) is 28.6 Å². The van der Waals surface area contributed by atoms with E-state index in [1.165, 1.54) is 16.7 Å². The van der Waals surface area contributed by atoms with Crippen molar-refractivity contribution >= 4 is 51.9 Å². The Kier molecular flexibility index (Phi) is 5.65. The molecule has 3 rings (SSSR count). The molecule has 2 aromatic rings. The van der Waals surface area contributed by atoms with E-state index in [1.54, 1.807) is 36.4 Å². The summed E-state index contributed by atoms with van der Waals surface area (Å²) in [5.41, 5.74) is 0.776. The average molecular weight is 408 g/mol. The normalized spacial score (nSPS) is 15.6. The van der Waals surface area contributed by atoms with Gasteiger partial charge in [0.2, 0.25) is 11.1 Å². The molecule has 1 aliphatic heterocycles. The van der Waals surface area contributed by atoms with Gasteiger partial charge in [0.15, 0.2) is 0 Å². The number of benzene rings is 1. The number of rotatable bonds is 5. The lowest BCUT2D eigenvalue weighted by Crippen LogP contribution is -2.27. The minimum absolute atomic E-state index is 0.112. The number of hydrogen-bond acceptors (Lipinski definition) is 6. The van der Waals surface area contributed by atoms with Crippen molar-refractivity contribution in [2.45, 2.75) is 0 Å². The number of aromatic nitrogens is 2. The van der Waals surface area contributed by atoms with E-state index >= 15 is 0 Å². The molecule has 1 aromatic heterocycles. The highest BCUT2D eigenvalue weighted by atomic mass is 35.5. The molecule has 0 saturated carbocycles. The van der Waals surface area contributed by atoms with Crippen LogP contribution in [-0.4, -0.2) is 31.6 Å². The number of thiocarbonyl (C=S) groups is 1. The Balaban J connectivity index is 1.76. The molecule has 0 unspecified atom stereocenters. The van der Waals surface area contributed by atoms with Crippen LogP contribution in [0.4, 0.5) is 4.39 Å². The number of halogens is 2. The lowest BCUT2D eigenvalue weighted by molar-refractivity contribution is -0.121. The molecule has 0 spiro atoms. The van der Waals surface area contributed by atoms with E-state index in [1.807, 2.05) is 0 Å². The smallest absolute Gasteiger partial charge is 0.266 e. The van der Waals surface area contributed by atoms with E-state index in [2.05, 4.69) is 16.5 Å². The molecule has 5 nitrogen and oxygen atoms in total. The Morgan fingerprint density at radius 3 is 2.81 bits per heavy atom. The van der Waals surface area contributed by atoms with Gasteiger partial charge in [-0.3, -0.25) is 9.69 Å². The van der Waals surface area contributed by atoms with Gasteiger partial charge in [-0.25, -0.2) is 4.98 Å². The molecule has 0 aliphatic carbocycles. The Morgan fingerprint density at radius 1 is 1.38 bits per heavy atom. The molecule has 1 amide bonds. The van der Waals surface area contributed by atoms with Crippen molar-refractivity contribution in [3.8, 4) is 11.6 Å². The van der Waals surface area contributed by atoms with Crippen LogP contribution in [0, 0.1) is 5.82 Å². The second-order valence-electron chi connectivity index (χ2n) is 5.04. The lowest BCUT2D eigenvalue weighted by atomic mass is 10.2. The summed E-state index contributed by atoms with van der Waals surface area (Å²) in [6.45, 7) is 3.99. The van der Waals surface area contributed by atoms with Crippen LogP contribution >= 0.6 is 35.6 Å². The van der Waals surface area contributed by atoms with Crippen LogP contribution in [0.25, 0.3) is 6.08 Å². The predicted molar refractivity (Wildman–Crippen MR) is 104 cm³/mol. The number of carbonyl (C=O) groups excluding carboxylic acids is 1. The fourth-order valence-corrected chi connectivity index (χ4v) is 3.49. The number of nitrogens with zero attached hydrogens (tertiary/aromatic N) is 3. The van der Waals surface area contributed by atoms with Gasteiger partial charge in [0.25, 0.3) is 11.8 Å². The highest BCUT2D eigenvalue weighted by Gasteiger charge is 2.30. The Bertz CT molecular complexity index is 919. The fourth-order valence-electron chi connectivity index (χ4n) is 2.08. The minimum atomic E-state index is -0.718. The topological polar surface area (TPSA) is 55.3 Å². The van der Waals surface area contributed by atoms with Crippen LogP contribution in [0.2, 0.25) is 5.28 Å². The maximum Gasteiger partial charge on any atom is 0.266 e. The van der Waals surface area contributed by atoms with Gasteiger partial charge in [0, 0.05) is 6.54 Å². The van der Waals surface area contributed by atoms with Crippen molar-refractivity contribution in [3.05, 3.63) is 64.7 Å². The van der Waals surface area contributed by atoms with Crippen LogP contribution in [0.5, 0.6) is 11.6 Å². The zero-order valence-electron chi connectivity index (χ0n) is 13.2. The molecule has 132 valence electrons. The molecule has 0 atom stereocenters. The molecule has 26 heavy (non-hydrogen) atoms. The fraction of sp³-hybridized carbons (Fsp3) is 0.0588. The summed E-state index contributed by atoms with van der Waals surface area (Å²) in [7, 11) is 0. The molecule has 1 fully saturated rings. The van der Waals surface area contributed by atoms with Crippen molar-refractivity contribution in [2.75, 3.05) is 6.54 Å². The van der Waals surface area contributed by atoms with Gasteiger partial charge in [-0.05, 0) is 35.4 Å². The third-order valence-electron chi connectivity index (χ3n) is 3.26. The number of hydrogen-bond donors (Lipinski definition) is 0. The van der Waals surface area contributed by atoms with E-state index < -0.39 is 5.82 Å². The second-order valence-corrected chi connectivity index (χ2v) is 7.06.